The van der Waals surface area contributed by atoms with Crippen LogP contribution in [0.2, 0.25) is 0 Å². The van der Waals surface area contributed by atoms with Gasteiger partial charge in [-0.3, -0.25) is 4.68 Å². The number of carbonyl (C=O) groups is 1. The highest BCUT2D eigenvalue weighted by Gasteiger charge is 2.27. The highest BCUT2D eigenvalue weighted by molar-refractivity contribution is 5.68. The summed E-state index contributed by atoms with van der Waals surface area (Å²) in [6, 6.07) is 3.97. The molecule has 1 amide bonds. The summed E-state index contributed by atoms with van der Waals surface area (Å²) in [6.45, 7) is 8.14. The Bertz CT molecular complexity index is 423. The number of hydrogen-bond acceptors (Lipinski definition) is 3. The van der Waals surface area contributed by atoms with Crippen LogP contribution in [-0.4, -0.2) is 40.9 Å². The molecule has 1 aliphatic rings. The zero-order valence-corrected chi connectivity index (χ0v) is 12.6. The Hall–Kier alpha value is -1.65. The van der Waals surface area contributed by atoms with E-state index in [9.17, 15) is 4.79 Å². The summed E-state index contributed by atoms with van der Waals surface area (Å²) in [4.78, 5) is 13.9. The second-order valence-electron chi connectivity index (χ2n) is 6.39. The Kier molecular flexibility index (Phi) is 4.57. The third-order valence-electron chi connectivity index (χ3n) is 3.34. The average molecular weight is 279 g/mol. The van der Waals surface area contributed by atoms with E-state index in [4.69, 9.17) is 4.74 Å². The summed E-state index contributed by atoms with van der Waals surface area (Å²) in [7, 11) is 0. The van der Waals surface area contributed by atoms with Crippen molar-refractivity contribution in [3.05, 3.63) is 24.5 Å². The fourth-order valence-corrected chi connectivity index (χ4v) is 2.40. The van der Waals surface area contributed by atoms with Crippen molar-refractivity contribution < 1.29 is 9.53 Å². The van der Waals surface area contributed by atoms with Crippen LogP contribution < -0.4 is 5.43 Å². The standard InChI is InChI=1S/C15H25N3O2/c1-15(2,3)20-14(19)17-8-6-7-13(12-17)11-16-18-9-4-5-10-18/h4-5,9-10,13,16H,6-8,11-12H2,1-3H3. The number of nitrogens with zero attached hydrogens (tertiary/aromatic N) is 2. The molecule has 0 spiro atoms. The van der Waals surface area contributed by atoms with Gasteiger partial charge in [-0.25, -0.2) is 4.79 Å². The smallest absolute Gasteiger partial charge is 0.410 e. The SMILES string of the molecule is CC(C)(C)OC(=O)N1CCCC(CNn2cccc2)C1. The molecule has 1 unspecified atom stereocenters. The molecule has 112 valence electrons. The number of rotatable bonds is 3. The number of aromatic nitrogens is 1. The molecular formula is C15H25N3O2. The van der Waals surface area contributed by atoms with E-state index < -0.39 is 5.60 Å². The number of amides is 1. The fourth-order valence-electron chi connectivity index (χ4n) is 2.40. The maximum atomic E-state index is 12.1. The van der Waals surface area contributed by atoms with E-state index in [0.29, 0.717) is 5.92 Å². The first-order valence-electron chi connectivity index (χ1n) is 7.29. The third kappa shape index (κ3) is 4.47. The lowest BCUT2D eigenvalue weighted by Crippen LogP contribution is -2.44. The van der Waals surface area contributed by atoms with Gasteiger partial charge in [0.2, 0.25) is 0 Å². The van der Waals surface area contributed by atoms with Crippen LogP contribution in [0.1, 0.15) is 33.6 Å². The summed E-state index contributed by atoms with van der Waals surface area (Å²) in [5.74, 6) is 0.471. The molecule has 1 atom stereocenters. The monoisotopic (exact) mass is 279 g/mol. The molecule has 1 aromatic rings. The number of hydrogen-bond donors (Lipinski definition) is 1. The lowest BCUT2D eigenvalue weighted by Gasteiger charge is -2.34. The van der Waals surface area contributed by atoms with Crippen LogP contribution >= 0.6 is 0 Å². The molecule has 0 aliphatic carbocycles. The molecule has 5 heteroatoms. The minimum absolute atomic E-state index is 0.192. The minimum atomic E-state index is -0.423. The van der Waals surface area contributed by atoms with E-state index in [2.05, 4.69) is 5.43 Å². The number of carbonyl (C=O) groups excluding carboxylic acids is 1. The molecule has 5 nitrogen and oxygen atoms in total. The van der Waals surface area contributed by atoms with Crippen molar-refractivity contribution in [3.63, 3.8) is 0 Å². The molecule has 0 aromatic carbocycles. The van der Waals surface area contributed by atoms with E-state index in [1.165, 1.54) is 0 Å². The van der Waals surface area contributed by atoms with Gasteiger partial charge < -0.3 is 15.1 Å². The van der Waals surface area contributed by atoms with Gasteiger partial charge in [-0.1, -0.05) is 0 Å². The van der Waals surface area contributed by atoms with Crippen LogP contribution in [0.15, 0.2) is 24.5 Å². The molecule has 0 bridgehead atoms. The maximum Gasteiger partial charge on any atom is 0.410 e. The van der Waals surface area contributed by atoms with Crippen molar-refractivity contribution in [1.29, 1.82) is 0 Å². The zero-order valence-electron chi connectivity index (χ0n) is 12.6. The van der Waals surface area contributed by atoms with Crippen LogP contribution in [0.5, 0.6) is 0 Å². The number of piperidine rings is 1. The van der Waals surface area contributed by atoms with Crippen molar-refractivity contribution >= 4 is 6.09 Å². The first-order chi connectivity index (χ1) is 9.44. The lowest BCUT2D eigenvalue weighted by atomic mass is 9.98. The quantitative estimate of drug-likeness (QED) is 0.925. The topological polar surface area (TPSA) is 46.5 Å². The predicted octanol–water partition coefficient (Wildman–Crippen LogP) is 2.68. The van der Waals surface area contributed by atoms with Crippen molar-refractivity contribution in [2.24, 2.45) is 5.92 Å². The fraction of sp³-hybridized carbons (Fsp3) is 0.667. The van der Waals surface area contributed by atoms with E-state index in [0.717, 1.165) is 32.5 Å². The molecule has 1 saturated heterocycles. The third-order valence-corrected chi connectivity index (χ3v) is 3.34. The van der Waals surface area contributed by atoms with Gasteiger partial charge in [0, 0.05) is 32.0 Å². The number of ether oxygens (including phenoxy) is 1. The first kappa shape index (κ1) is 14.8. The molecule has 2 rings (SSSR count). The summed E-state index contributed by atoms with van der Waals surface area (Å²) < 4.78 is 7.39. The molecular weight excluding hydrogens is 254 g/mol. The Morgan fingerprint density at radius 3 is 2.70 bits per heavy atom. The normalized spacial score (nSPS) is 19.8. The van der Waals surface area contributed by atoms with E-state index >= 15 is 0 Å². The van der Waals surface area contributed by atoms with Crippen molar-refractivity contribution in [1.82, 2.24) is 9.58 Å². The number of nitrogens with one attached hydrogen (secondary N) is 1. The van der Waals surface area contributed by atoms with Gasteiger partial charge in [0.15, 0.2) is 0 Å². The molecule has 20 heavy (non-hydrogen) atoms. The Morgan fingerprint density at radius 1 is 1.35 bits per heavy atom. The second kappa shape index (κ2) is 6.20. The Balaban J connectivity index is 1.80. The summed E-state index contributed by atoms with van der Waals surface area (Å²) in [5, 5.41) is 0. The van der Waals surface area contributed by atoms with Gasteiger partial charge in [-0.05, 0) is 51.7 Å². The molecule has 0 radical (unpaired) electrons. The van der Waals surface area contributed by atoms with Crippen LogP contribution in [0, 0.1) is 5.92 Å². The van der Waals surface area contributed by atoms with Gasteiger partial charge in [-0.2, -0.15) is 0 Å². The molecule has 1 aromatic heterocycles. The van der Waals surface area contributed by atoms with Crippen molar-refractivity contribution in [3.8, 4) is 0 Å². The van der Waals surface area contributed by atoms with Crippen molar-refractivity contribution in [2.45, 2.75) is 39.2 Å². The minimum Gasteiger partial charge on any atom is -0.444 e. The van der Waals surface area contributed by atoms with Crippen LogP contribution in [0.4, 0.5) is 4.79 Å². The number of likely N-dealkylation sites (tertiary alicyclic amines) is 1. The Morgan fingerprint density at radius 2 is 2.05 bits per heavy atom. The van der Waals surface area contributed by atoms with Crippen LogP contribution in [0.3, 0.4) is 0 Å². The molecule has 1 N–H and O–H groups in total. The van der Waals surface area contributed by atoms with E-state index in [-0.39, 0.29) is 6.09 Å². The van der Waals surface area contributed by atoms with Crippen LogP contribution in [-0.2, 0) is 4.74 Å². The molecule has 2 heterocycles. The second-order valence-corrected chi connectivity index (χ2v) is 6.39. The lowest BCUT2D eigenvalue weighted by molar-refractivity contribution is 0.0171. The summed E-state index contributed by atoms with van der Waals surface area (Å²) in [5.41, 5.74) is 2.92. The van der Waals surface area contributed by atoms with Gasteiger partial charge in [0.25, 0.3) is 0 Å². The maximum absolute atomic E-state index is 12.1. The summed E-state index contributed by atoms with van der Waals surface area (Å²) in [6.07, 6.45) is 5.96. The zero-order chi connectivity index (χ0) is 14.6. The first-order valence-corrected chi connectivity index (χ1v) is 7.29. The molecule has 0 saturated carbocycles. The molecule has 1 fully saturated rings. The van der Waals surface area contributed by atoms with E-state index in [1.807, 2.05) is 54.9 Å². The highest BCUT2D eigenvalue weighted by atomic mass is 16.6. The summed E-state index contributed by atoms with van der Waals surface area (Å²) >= 11 is 0. The van der Waals surface area contributed by atoms with E-state index in [1.54, 1.807) is 0 Å². The molecule has 1 aliphatic heterocycles. The predicted molar refractivity (Wildman–Crippen MR) is 79.2 cm³/mol. The van der Waals surface area contributed by atoms with Gasteiger partial charge in [0.1, 0.15) is 5.60 Å². The van der Waals surface area contributed by atoms with Crippen LogP contribution in [0.25, 0.3) is 0 Å². The largest absolute Gasteiger partial charge is 0.444 e. The highest BCUT2D eigenvalue weighted by Crippen LogP contribution is 2.19. The van der Waals surface area contributed by atoms with Crippen molar-refractivity contribution in [2.75, 3.05) is 25.1 Å². The van der Waals surface area contributed by atoms with Gasteiger partial charge in [-0.15, -0.1) is 0 Å². The van der Waals surface area contributed by atoms with Gasteiger partial charge >= 0.3 is 6.09 Å². The average Bonchev–Trinajstić information content (AvgIpc) is 2.88. The Labute approximate surface area is 120 Å². The van der Waals surface area contributed by atoms with Gasteiger partial charge in [0.05, 0.1) is 0 Å².